The van der Waals surface area contributed by atoms with E-state index in [-0.39, 0.29) is 12.0 Å². The number of anilines is 1. The van der Waals surface area contributed by atoms with Crippen LogP contribution in [0.3, 0.4) is 0 Å². The minimum absolute atomic E-state index is 0.223. The fourth-order valence-electron chi connectivity index (χ4n) is 2.37. The van der Waals surface area contributed by atoms with Crippen LogP contribution in [0.25, 0.3) is 11.2 Å². The lowest BCUT2D eigenvalue weighted by Gasteiger charge is -2.23. The summed E-state index contributed by atoms with van der Waals surface area (Å²) in [4.78, 5) is 29.1. The monoisotopic (exact) mass is 247 g/mol. The fraction of sp³-hybridized carbons (Fsp3) is 0.455. The number of hydrogen-bond donors (Lipinski definition) is 1. The highest BCUT2D eigenvalue weighted by Gasteiger charge is 2.33. The van der Waals surface area contributed by atoms with Gasteiger partial charge in [0.2, 0.25) is 0 Å². The summed E-state index contributed by atoms with van der Waals surface area (Å²) in [6, 6.07) is -0.267. The van der Waals surface area contributed by atoms with Gasteiger partial charge in [0.25, 0.3) is 0 Å². The smallest absolute Gasteiger partial charge is 0.328 e. The van der Waals surface area contributed by atoms with Crippen LogP contribution in [0.15, 0.2) is 12.7 Å². The Hall–Kier alpha value is -2.18. The average molecular weight is 247 g/mol. The predicted octanol–water partition coefficient (Wildman–Crippen LogP) is 0.495. The number of hydrogen-bond acceptors (Lipinski definition) is 6. The molecule has 0 amide bonds. The molecule has 2 aromatic rings. The molecular weight excluding hydrogens is 234 g/mol. The highest BCUT2D eigenvalue weighted by atomic mass is 16.5. The third kappa shape index (κ3) is 1.59. The number of fused-ring (bicyclic) bond motifs is 1. The molecule has 18 heavy (non-hydrogen) atoms. The van der Waals surface area contributed by atoms with Gasteiger partial charge in [0, 0.05) is 6.54 Å². The second-order valence-electron chi connectivity index (χ2n) is 4.17. The zero-order valence-corrected chi connectivity index (χ0v) is 9.96. The average Bonchev–Trinajstić information content (AvgIpc) is 3.05. The number of imidazole rings is 1. The fourth-order valence-corrected chi connectivity index (χ4v) is 2.37. The van der Waals surface area contributed by atoms with Crippen LogP contribution in [0, 0.1) is 0 Å². The number of aromatic amines is 1. The highest BCUT2D eigenvalue weighted by Crippen LogP contribution is 2.28. The largest absolute Gasteiger partial charge is 0.467 e. The first-order valence-electron chi connectivity index (χ1n) is 5.80. The van der Waals surface area contributed by atoms with Crippen molar-refractivity contribution in [3.05, 3.63) is 12.7 Å². The van der Waals surface area contributed by atoms with Crippen molar-refractivity contribution in [1.29, 1.82) is 0 Å². The molecule has 1 N–H and O–H groups in total. The summed E-state index contributed by atoms with van der Waals surface area (Å²) in [6.07, 6.45) is 4.77. The molecule has 0 spiro atoms. The van der Waals surface area contributed by atoms with Crippen LogP contribution in [0.1, 0.15) is 12.8 Å². The lowest BCUT2D eigenvalue weighted by Crippen LogP contribution is -2.37. The summed E-state index contributed by atoms with van der Waals surface area (Å²) in [7, 11) is 1.41. The Bertz CT molecular complexity index is 582. The first-order chi connectivity index (χ1) is 8.81. The second kappa shape index (κ2) is 4.25. The summed E-state index contributed by atoms with van der Waals surface area (Å²) < 4.78 is 4.83. The maximum absolute atomic E-state index is 11.7. The minimum atomic E-state index is -0.267. The van der Waals surface area contributed by atoms with Crippen LogP contribution >= 0.6 is 0 Å². The first kappa shape index (κ1) is 10.9. The number of nitrogens with zero attached hydrogens (tertiary/aromatic N) is 4. The van der Waals surface area contributed by atoms with E-state index in [0.29, 0.717) is 11.5 Å². The van der Waals surface area contributed by atoms with Gasteiger partial charge in [-0.25, -0.2) is 19.7 Å². The van der Waals surface area contributed by atoms with Gasteiger partial charge in [-0.2, -0.15) is 0 Å². The zero-order chi connectivity index (χ0) is 12.5. The van der Waals surface area contributed by atoms with Crippen molar-refractivity contribution in [2.24, 2.45) is 0 Å². The van der Waals surface area contributed by atoms with E-state index in [0.717, 1.165) is 24.9 Å². The molecule has 1 saturated heterocycles. The van der Waals surface area contributed by atoms with Gasteiger partial charge >= 0.3 is 5.97 Å². The highest BCUT2D eigenvalue weighted by molar-refractivity contribution is 5.87. The molecule has 7 nitrogen and oxygen atoms in total. The summed E-state index contributed by atoms with van der Waals surface area (Å²) in [5.74, 6) is 0.490. The topological polar surface area (TPSA) is 84.0 Å². The molecule has 3 heterocycles. The third-order valence-corrected chi connectivity index (χ3v) is 3.20. The lowest BCUT2D eigenvalue weighted by atomic mass is 10.2. The Kier molecular flexibility index (Phi) is 2.58. The van der Waals surface area contributed by atoms with Crippen molar-refractivity contribution in [1.82, 2.24) is 19.9 Å². The molecule has 0 aromatic carbocycles. The van der Waals surface area contributed by atoms with E-state index in [2.05, 4.69) is 19.9 Å². The minimum Gasteiger partial charge on any atom is -0.467 e. The molecule has 94 valence electrons. The molecule has 0 bridgehead atoms. The van der Waals surface area contributed by atoms with Crippen LogP contribution in [0.4, 0.5) is 5.82 Å². The molecule has 2 aromatic heterocycles. The predicted molar refractivity (Wildman–Crippen MR) is 64.1 cm³/mol. The van der Waals surface area contributed by atoms with Gasteiger partial charge in [-0.05, 0) is 12.8 Å². The van der Waals surface area contributed by atoms with Crippen molar-refractivity contribution in [2.45, 2.75) is 18.9 Å². The Balaban J connectivity index is 2.03. The molecule has 0 radical (unpaired) electrons. The number of esters is 1. The Morgan fingerprint density at radius 3 is 3.22 bits per heavy atom. The number of ether oxygens (including phenoxy) is 1. The number of aromatic nitrogens is 4. The molecule has 7 heteroatoms. The van der Waals surface area contributed by atoms with Crippen LogP contribution in [-0.2, 0) is 9.53 Å². The molecule has 1 aliphatic rings. The van der Waals surface area contributed by atoms with Gasteiger partial charge in [-0.3, -0.25) is 0 Å². The SMILES string of the molecule is COC(=O)C1CCCN1c1ncnc2nc[nH]c12. The number of carbonyl (C=O) groups is 1. The van der Waals surface area contributed by atoms with E-state index >= 15 is 0 Å². The summed E-state index contributed by atoms with van der Waals surface area (Å²) in [5.41, 5.74) is 1.36. The normalized spacial score (nSPS) is 19.4. The van der Waals surface area contributed by atoms with Gasteiger partial charge in [-0.15, -0.1) is 0 Å². The van der Waals surface area contributed by atoms with Gasteiger partial charge in [-0.1, -0.05) is 0 Å². The first-order valence-corrected chi connectivity index (χ1v) is 5.80. The van der Waals surface area contributed by atoms with Crippen LogP contribution in [0.5, 0.6) is 0 Å². The van der Waals surface area contributed by atoms with Crippen molar-refractivity contribution < 1.29 is 9.53 Å². The number of methoxy groups -OCH3 is 1. The van der Waals surface area contributed by atoms with Gasteiger partial charge in [0.1, 0.15) is 17.9 Å². The molecular formula is C11H13N5O2. The molecule has 1 fully saturated rings. The third-order valence-electron chi connectivity index (χ3n) is 3.20. The van der Waals surface area contributed by atoms with Gasteiger partial charge in [0.05, 0.1) is 13.4 Å². The molecule has 1 atom stereocenters. The Labute approximate surface area is 103 Å². The van der Waals surface area contributed by atoms with E-state index in [4.69, 9.17) is 4.74 Å². The number of rotatable bonds is 2. The second-order valence-corrected chi connectivity index (χ2v) is 4.17. The standard InChI is InChI=1S/C11H13N5O2/c1-18-11(17)7-3-2-4-16(7)10-8-9(13-5-12-8)14-6-15-10/h5-7H,2-4H2,1H3,(H,12,13,14,15). The van der Waals surface area contributed by atoms with E-state index in [1.54, 1.807) is 6.33 Å². The van der Waals surface area contributed by atoms with Gasteiger partial charge < -0.3 is 14.6 Å². The van der Waals surface area contributed by atoms with Crippen LogP contribution in [0.2, 0.25) is 0 Å². The number of H-pyrrole nitrogens is 1. The molecule has 0 aliphatic carbocycles. The van der Waals surface area contributed by atoms with Crippen LogP contribution < -0.4 is 4.90 Å². The van der Waals surface area contributed by atoms with Crippen molar-refractivity contribution in [3.8, 4) is 0 Å². The van der Waals surface area contributed by atoms with Crippen molar-refractivity contribution in [2.75, 3.05) is 18.6 Å². The van der Waals surface area contributed by atoms with E-state index in [1.165, 1.54) is 13.4 Å². The van der Waals surface area contributed by atoms with E-state index in [1.807, 2.05) is 4.90 Å². The van der Waals surface area contributed by atoms with Gasteiger partial charge in [0.15, 0.2) is 11.5 Å². The maximum Gasteiger partial charge on any atom is 0.328 e. The Morgan fingerprint density at radius 1 is 1.50 bits per heavy atom. The number of nitrogens with one attached hydrogen (secondary N) is 1. The van der Waals surface area contributed by atoms with Crippen LogP contribution in [-0.4, -0.2) is 45.6 Å². The maximum atomic E-state index is 11.7. The van der Waals surface area contributed by atoms with Crippen molar-refractivity contribution in [3.63, 3.8) is 0 Å². The molecule has 0 saturated carbocycles. The quantitative estimate of drug-likeness (QED) is 0.778. The summed E-state index contributed by atoms with van der Waals surface area (Å²) in [5, 5.41) is 0. The van der Waals surface area contributed by atoms with E-state index < -0.39 is 0 Å². The molecule has 1 unspecified atom stereocenters. The summed E-state index contributed by atoms with van der Waals surface area (Å²) in [6.45, 7) is 0.783. The van der Waals surface area contributed by atoms with E-state index in [9.17, 15) is 4.79 Å². The number of carbonyl (C=O) groups excluding carboxylic acids is 1. The molecule has 1 aliphatic heterocycles. The Morgan fingerprint density at radius 2 is 2.39 bits per heavy atom. The summed E-state index contributed by atoms with van der Waals surface area (Å²) >= 11 is 0. The lowest BCUT2D eigenvalue weighted by molar-refractivity contribution is -0.141. The molecule has 3 rings (SSSR count). The zero-order valence-electron chi connectivity index (χ0n) is 9.96. The van der Waals surface area contributed by atoms with Crippen molar-refractivity contribution >= 4 is 23.0 Å².